The minimum absolute atomic E-state index is 0.286. The van der Waals surface area contributed by atoms with Gasteiger partial charge in [0, 0.05) is 5.92 Å². The molecule has 0 spiro atoms. The van der Waals surface area contributed by atoms with Gasteiger partial charge in [-0.15, -0.1) is 6.58 Å². The van der Waals surface area contributed by atoms with Gasteiger partial charge in [0.15, 0.2) is 5.82 Å². The number of allylic oxidation sites excluding steroid dienone is 3. The van der Waals surface area contributed by atoms with Crippen LogP contribution in [0.2, 0.25) is 0 Å². The maximum Gasteiger partial charge on any atom is 0.458 e. The fraction of sp³-hybridized carbons (Fsp3) is 0.185. The molecule has 0 fully saturated rings. The lowest BCUT2D eigenvalue weighted by Gasteiger charge is -2.20. The standard InChI is InChI=1S/C27H16F8/c1-2-14-3-5-15(6-4-14)16-10-21(29)24(22(30)11-16)17-9-18-12-20(28)19(7-8-27(33,34)35)26(32)25(18)23(31)13-17/h2,5,9-14H,1,3-4,6H2. The van der Waals surface area contributed by atoms with Gasteiger partial charge in [0.05, 0.1) is 16.5 Å². The molecule has 3 aromatic carbocycles. The molecule has 0 aliphatic heterocycles. The van der Waals surface area contributed by atoms with E-state index in [-0.39, 0.29) is 11.5 Å². The maximum atomic E-state index is 15.0. The summed E-state index contributed by atoms with van der Waals surface area (Å²) >= 11 is 0. The van der Waals surface area contributed by atoms with E-state index in [9.17, 15) is 35.1 Å². The Hall–Kier alpha value is -3.60. The molecule has 8 heteroatoms. The Morgan fingerprint density at radius 1 is 0.857 bits per heavy atom. The topological polar surface area (TPSA) is 0 Å². The minimum Gasteiger partial charge on any atom is -0.206 e. The van der Waals surface area contributed by atoms with Crippen LogP contribution in [-0.2, 0) is 0 Å². The van der Waals surface area contributed by atoms with Crippen molar-refractivity contribution in [3.8, 4) is 23.0 Å². The Morgan fingerprint density at radius 2 is 1.51 bits per heavy atom. The number of hydrogen-bond donors (Lipinski definition) is 0. The van der Waals surface area contributed by atoms with Crippen LogP contribution in [0.4, 0.5) is 35.1 Å². The summed E-state index contributed by atoms with van der Waals surface area (Å²) in [6.45, 7) is 3.74. The first kappa shape index (κ1) is 24.5. The van der Waals surface area contributed by atoms with Crippen LogP contribution >= 0.6 is 0 Å². The number of rotatable bonds is 3. The van der Waals surface area contributed by atoms with Gasteiger partial charge in [-0.25, -0.2) is 22.0 Å². The predicted octanol–water partition coefficient (Wildman–Crippen LogP) is 8.49. The zero-order valence-electron chi connectivity index (χ0n) is 18.0. The molecular formula is C27H16F8. The Labute approximate surface area is 195 Å². The van der Waals surface area contributed by atoms with Crippen molar-refractivity contribution in [1.82, 2.24) is 0 Å². The van der Waals surface area contributed by atoms with Gasteiger partial charge in [-0.05, 0) is 77.6 Å². The minimum atomic E-state index is -5.02. The van der Waals surface area contributed by atoms with Gasteiger partial charge in [0.25, 0.3) is 0 Å². The fourth-order valence-electron chi connectivity index (χ4n) is 4.17. The monoisotopic (exact) mass is 492 g/mol. The quantitative estimate of drug-likeness (QED) is 0.195. The molecular weight excluding hydrogens is 476 g/mol. The van der Waals surface area contributed by atoms with Crippen molar-refractivity contribution in [2.45, 2.75) is 25.4 Å². The lowest BCUT2D eigenvalue weighted by atomic mass is 9.86. The summed E-state index contributed by atoms with van der Waals surface area (Å²) in [7, 11) is 0. The van der Waals surface area contributed by atoms with E-state index in [2.05, 4.69) is 6.58 Å². The highest BCUT2D eigenvalue weighted by atomic mass is 19.4. The van der Waals surface area contributed by atoms with Crippen molar-refractivity contribution < 1.29 is 35.1 Å². The highest BCUT2D eigenvalue weighted by Crippen LogP contribution is 2.37. The predicted molar refractivity (Wildman–Crippen MR) is 118 cm³/mol. The normalized spacial score (nSPS) is 16.0. The molecule has 0 N–H and O–H groups in total. The smallest absolute Gasteiger partial charge is 0.206 e. The van der Waals surface area contributed by atoms with Crippen molar-refractivity contribution in [3.05, 3.63) is 89.3 Å². The van der Waals surface area contributed by atoms with Crippen LogP contribution in [0, 0.1) is 46.8 Å². The number of fused-ring (bicyclic) bond motifs is 1. The van der Waals surface area contributed by atoms with Crippen LogP contribution in [0.3, 0.4) is 0 Å². The summed E-state index contributed by atoms with van der Waals surface area (Å²) in [6, 6.07) is 4.38. The molecule has 3 aromatic rings. The number of halogens is 8. The number of benzene rings is 3. The van der Waals surface area contributed by atoms with Gasteiger partial charge >= 0.3 is 6.18 Å². The van der Waals surface area contributed by atoms with Crippen LogP contribution in [0.1, 0.15) is 30.4 Å². The summed E-state index contributed by atoms with van der Waals surface area (Å²) in [5.74, 6) is -4.10. The molecule has 35 heavy (non-hydrogen) atoms. The summed E-state index contributed by atoms with van der Waals surface area (Å²) in [5, 5.41) is -1.27. The lowest BCUT2D eigenvalue weighted by Crippen LogP contribution is -2.04. The van der Waals surface area contributed by atoms with E-state index in [1.807, 2.05) is 12.2 Å². The first-order valence-electron chi connectivity index (χ1n) is 10.5. The van der Waals surface area contributed by atoms with Gasteiger partial charge in [0.1, 0.15) is 23.3 Å². The molecule has 0 amide bonds. The second kappa shape index (κ2) is 9.21. The van der Waals surface area contributed by atoms with E-state index < -0.39 is 57.2 Å². The first-order valence-corrected chi connectivity index (χ1v) is 10.5. The van der Waals surface area contributed by atoms with Gasteiger partial charge in [-0.1, -0.05) is 18.1 Å². The Balaban J connectivity index is 1.80. The Kier molecular flexibility index (Phi) is 6.46. The Bertz CT molecular complexity index is 1410. The maximum absolute atomic E-state index is 15.0. The van der Waals surface area contributed by atoms with E-state index >= 15 is 0 Å². The van der Waals surface area contributed by atoms with Crippen LogP contribution < -0.4 is 0 Å². The summed E-state index contributed by atoms with van der Waals surface area (Å²) in [5.41, 5.74) is -1.10. The summed E-state index contributed by atoms with van der Waals surface area (Å²) < 4.78 is 111. The van der Waals surface area contributed by atoms with Crippen LogP contribution in [0.5, 0.6) is 0 Å². The van der Waals surface area contributed by atoms with Gasteiger partial charge in [-0.2, -0.15) is 13.2 Å². The SMILES string of the molecule is C=CC1CC=C(c2cc(F)c(-c3cc(F)c4c(F)c(C#CC(F)(F)F)c(F)cc4c3)c(F)c2)CC1. The van der Waals surface area contributed by atoms with E-state index in [4.69, 9.17) is 0 Å². The molecule has 0 nitrogen and oxygen atoms in total. The van der Waals surface area contributed by atoms with Crippen LogP contribution in [0.15, 0.2) is 49.1 Å². The zero-order valence-corrected chi connectivity index (χ0v) is 18.0. The summed E-state index contributed by atoms with van der Waals surface area (Å²) in [6.07, 6.45) is 0.749. The number of alkyl halides is 3. The highest BCUT2D eigenvalue weighted by Gasteiger charge is 2.25. The van der Waals surface area contributed by atoms with Crippen molar-refractivity contribution in [1.29, 1.82) is 0 Å². The molecule has 0 heterocycles. The molecule has 1 aliphatic carbocycles. The fourth-order valence-corrected chi connectivity index (χ4v) is 4.17. The Morgan fingerprint density at radius 3 is 2.09 bits per heavy atom. The third-order valence-corrected chi connectivity index (χ3v) is 5.90. The number of hydrogen-bond acceptors (Lipinski definition) is 0. The second-order valence-electron chi connectivity index (χ2n) is 8.17. The average Bonchev–Trinajstić information content (AvgIpc) is 2.77. The van der Waals surface area contributed by atoms with E-state index in [1.54, 1.807) is 0 Å². The van der Waals surface area contributed by atoms with E-state index in [1.165, 1.54) is 5.92 Å². The molecule has 4 rings (SSSR count). The van der Waals surface area contributed by atoms with Gasteiger partial charge in [-0.3, -0.25) is 0 Å². The lowest BCUT2D eigenvalue weighted by molar-refractivity contribution is -0.0696. The van der Waals surface area contributed by atoms with Crippen molar-refractivity contribution >= 4 is 16.3 Å². The van der Waals surface area contributed by atoms with Crippen molar-refractivity contribution in [2.24, 2.45) is 5.92 Å². The highest BCUT2D eigenvalue weighted by molar-refractivity contribution is 5.90. The molecule has 180 valence electrons. The average molecular weight is 492 g/mol. The van der Waals surface area contributed by atoms with E-state index in [0.29, 0.717) is 30.5 Å². The van der Waals surface area contributed by atoms with E-state index in [0.717, 1.165) is 36.1 Å². The van der Waals surface area contributed by atoms with Crippen molar-refractivity contribution in [2.75, 3.05) is 0 Å². The largest absolute Gasteiger partial charge is 0.458 e. The molecule has 1 atom stereocenters. The third kappa shape index (κ3) is 4.95. The van der Waals surface area contributed by atoms with Crippen LogP contribution in [-0.4, -0.2) is 6.18 Å². The van der Waals surface area contributed by atoms with Gasteiger partial charge in [0.2, 0.25) is 0 Å². The molecule has 0 saturated heterocycles. The third-order valence-electron chi connectivity index (χ3n) is 5.90. The molecule has 0 bridgehead atoms. The summed E-state index contributed by atoms with van der Waals surface area (Å²) in [4.78, 5) is 0. The van der Waals surface area contributed by atoms with Gasteiger partial charge < -0.3 is 0 Å². The van der Waals surface area contributed by atoms with Crippen LogP contribution in [0.25, 0.3) is 27.5 Å². The molecule has 0 radical (unpaired) electrons. The van der Waals surface area contributed by atoms with Crippen molar-refractivity contribution in [3.63, 3.8) is 0 Å². The molecule has 0 aromatic heterocycles. The zero-order chi connectivity index (χ0) is 25.5. The molecule has 1 aliphatic rings. The molecule has 0 saturated carbocycles. The molecule has 1 unspecified atom stereocenters. The first-order chi connectivity index (χ1) is 16.5. The second-order valence-corrected chi connectivity index (χ2v) is 8.17.